The van der Waals surface area contributed by atoms with Crippen LogP contribution in [0.3, 0.4) is 0 Å². The molecule has 2 aromatic carbocycles. The normalized spacial score (nSPS) is 16.0. The summed E-state index contributed by atoms with van der Waals surface area (Å²) in [4.78, 5) is 18.6. The number of rotatable bonds is 6. The highest BCUT2D eigenvalue weighted by atomic mass is 127. The van der Waals surface area contributed by atoms with E-state index in [4.69, 9.17) is 16.3 Å². The molecule has 2 N–H and O–H groups in total. The Kier molecular flexibility index (Phi) is 9.87. The van der Waals surface area contributed by atoms with Crippen molar-refractivity contribution in [3.05, 3.63) is 64.7 Å². The molecule has 0 aromatic heterocycles. The number of anilines is 1. The molecule has 1 aliphatic rings. The molecule has 0 bridgehead atoms. The minimum absolute atomic E-state index is 0. The van der Waals surface area contributed by atoms with Crippen LogP contribution in [0.4, 0.5) is 5.69 Å². The van der Waals surface area contributed by atoms with Gasteiger partial charge in [0.25, 0.3) is 5.91 Å². The smallest absolute Gasteiger partial charge is 0.253 e. The third kappa shape index (κ3) is 7.14. The lowest BCUT2D eigenvalue weighted by molar-refractivity contribution is -0.124. The van der Waals surface area contributed by atoms with Gasteiger partial charge in [-0.05, 0) is 48.2 Å². The molecule has 2 aromatic rings. The van der Waals surface area contributed by atoms with Crippen molar-refractivity contribution in [3.63, 3.8) is 0 Å². The second kappa shape index (κ2) is 12.1. The number of guanidine groups is 1. The minimum atomic E-state index is -0.336. The lowest BCUT2D eigenvalue weighted by Gasteiger charge is -2.22. The average molecular weight is 543 g/mol. The predicted octanol–water partition coefficient (Wildman–Crippen LogP) is 4.28. The number of nitrogens with one attached hydrogen (secondary N) is 2. The minimum Gasteiger partial charge on any atom is -0.368 e. The maximum Gasteiger partial charge on any atom is 0.253 e. The molecule has 6 nitrogen and oxygen atoms in total. The molecule has 0 saturated carbocycles. The fourth-order valence-corrected chi connectivity index (χ4v) is 3.40. The van der Waals surface area contributed by atoms with Crippen molar-refractivity contribution < 1.29 is 9.53 Å². The second-order valence-corrected chi connectivity index (χ2v) is 7.51. The molecular weight excluding hydrogens is 515 g/mol. The number of amides is 1. The molecule has 1 heterocycles. The first kappa shape index (κ1) is 24.4. The molecule has 30 heavy (non-hydrogen) atoms. The molecule has 3 rings (SSSR count). The molecule has 0 aliphatic carbocycles. The molecule has 0 spiro atoms. The fourth-order valence-electron chi connectivity index (χ4n) is 3.27. The van der Waals surface area contributed by atoms with E-state index in [9.17, 15) is 4.79 Å². The lowest BCUT2D eigenvalue weighted by atomic mass is 10.2. The number of halogens is 2. The van der Waals surface area contributed by atoms with Gasteiger partial charge >= 0.3 is 0 Å². The van der Waals surface area contributed by atoms with Crippen molar-refractivity contribution in [2.45, 2.75) is 32.0 Å². The van der Waals surface area contributed by atoms with Gasteiger partial charge in [0.2, 0.25) is 0 Å². The first-order chi connectivity index (χ1) is 14.0. The largest absolute Gasteiger partial charge is 0.368 e. The summed E-state index contributed by atoms with van der Waals surface area (Å²) in [6, 6.07) is 15.6. The number of hydrogen-bond donors (Lipinski definition) is 2. The van der Waals surface area contributed by atoms with E-state index in [1.807, 2.05) is 60.5 Å². The summed E-state index contributed by atoms with van der Waals surface area (Å²) in [5, 5.41) is 7.04. The van der Waals surface area contributed by atoms with Gasteiger partial charge < -0.3 is 20.3 Å². The van der Waals surface area contributed by atoms with Crippen LogP contribution < -0.4 is 10.6 Å². The lowest BCUT2D eigenvalue weighted by Crippen LogP contribution is -2.38. The summed E-state index contributed by atoms with van der Waals surface area (Å²) < 4.78 is 5.44. The quantitative estimate of drug-likeness (QED) is 0.325. The zero-order chi connectivity index (χ0) is 20.6. The first-order valence-corrected chi connectivity index (χ1v) is 10.1. The maximum atomic E-state index is 12.2. The van der Waals surface area contributed by atoms with Crippen molar-refractivity contribution in [3.8, 4) is 0 Å². The highest BCUT2D eigenvalue weighted by Crippen LogP contribution is 2.16. The molecule has 1 fully saturated rings. The second-order valence-electron chi connectivity index (χ2n) is 7.07. The Morgan fingerprint density at radius 3 is 2.67 bits per heavy atom. The molecule has 1 unspecified atom stereocenters. The fraction of sp³-hybridized carbons (Fsp3) is 0.364. The molecule has 1 atom stereocenters. The van der Waals surface area contributed by atoms with Crippen molar-refractivity contribution in [2.75, 3.05) is 26.0 Å². The van der Waals surface area contributed by atoms with Crippen LogP contribution in [0.15, 0.2) is 53.5 Å². The van der Waals surface area contributed by atoms with E-state index in [-0.39, 0.29) is 36.0 Å². The summed E-state index contributed by atoms with van der Waals surface area (Å²) in [6.07, 6.45) is 1.38. The monoisotopic (exact) mass is 542 g/mol. The third-order valence-corrected chi connectivity index (χ3v) is 5.03. The van der Waals surface area contributed by atoms with Crippen molar-refractivity contribution in [1.82, 2.24) is 10.2 Å². The van der Waals surface area contributed by atoms with Gasteiger partial charge in [0.1, 0.15) is 6.10 Å². The molecule has 1 saturated heterocycles. The standard InChI is InChI=1S/C22H27ClN4O2.HI/c1-24-22(27(2)15-16-8-10-18(23)11-9-16)25-14-17-5-3-6-19(13-17)26-21(28)20-7-4-12-29-20;/h3,5-6,8-11,13,20H,4,7,12,14-15H2,1-2H3,(H,24,25)(H,26,28);1H. The van der Waals surface area contributed by atoms with Crippen LogP contribution in [0.5, 0.6) is 0 Å². The van der Waals surface area contributed by atoms with E-state index < -0.39 is 0 Å². The van der Waals surface area contributed by atoms with Gasteiger partial charge in [-0.25, -0.2) is 0 Å². The van der Waals surface area contributed by atoms with E-state index >= 15 is 0 Å². The summed E-state index contributed by atoms with van der Waals surface area (Å²) in [5.41, 5.74) is 2.98. The van der Waals surface area contributed by atoms with Crippen LogP contribution in [0, 0.1) is 0 Å². The van der Waals surface area contributed by atoms with Gasteiger partial charge in [0, 0.05) is 44.5 Å². The highest BCUT2D eigenvalue weighted by molar-refractivity contribution is 14.0. The van der Waals surface area contributed by atoms with Crippen LogP contribution in [-0.4, -0.2) is 43.6 Å². The molecular formula is C22H28ClIN4O2. The Balaban J connectivity index is 0.00000320. The van der Waals surface area contributed by atoms with E-state index in [0.29, 0.717) is 19.7 Å². The third-order valence-electron chi connectivity index (χ3n) is 4.77. The van der Waals surface area contributed by atoms with Crippen LogP contribution in [0.2, 0.25) is 5.02 Å². The van der Waals surface area contributed by atoms with E-state index in [1.54, 1.807) is 7.05 Å². The van der Waals surface area contributed by atoms with Gasteiger partial charge in [-0.1, -0.05) is 35.9 Å². The van der Waals surface area contributed by atoms with E-state index in [2.05, 4.69) is 15.6 Å². The highest BCUT2D eigenvalue weighted by Gasteiger charge is 2.23. The number of aliphatic imine (C=N–C) groups is 1. The molecule has 1 amide bonds. The summed E-state index contributed by atoms with van der Waals surface area (Å²) in [7, 11) is 3.75. The zero-order valence-electron chi connectivity index (χ0n) is 17.2. The Morgan fingerprint density at radius 2 is 2.00 bits per heavy atom. The number of nitrogens with zero attached hydrogens (tertiary/aromatic N) is 2. The Bertz CT molecular complexity index is 854. The molecule has 0 radical (unpaired) electrons. The molecule has 8 heteroatoms. The van der Waals surface area contributed by atoms with Gasteiger partial charge in [0.05, 0.1) is 0 Å². The average Bonchev–Trinajstić information content (AvgIpc) is 3.26. The van der Waals surface area contributed by atoms with Gasteiger partial charge in [-0.2, -0.15) is 0 Å². The van der Waals surface area contributed by atoms with Gasteiger partial charge in [-0.15, -0.1) is 24.0 Å². The number of carbonyl (C=O) groups excluding carboxylic acids is 1. The summed E-state index contributed by atoms with van der Waals surface area (Å²) in [5.74, 6) is 0.708. The Labute approximate surface area is 200 Å². The first-order valence-electron chi connectivity index (χ1n) is 9.73. The Morgan fingerprint density at radius 1 is 1.23 bits per heavy atom. The van der Waals surface area contributed by atoms with Crippen molar-refractivity contribution in [2.24, 2.45) is 4.99 Å². The molecule has 1 aliphatic heterocycles. The number of benzene rings is 2. The van der Waals surface area contributed by atoms with E-state index in [0.717, 1.165) is 40.6 Å². The van der Waals surface area contributed by atoms with E-state index in [1.165, 1.54) is 0 Å². The van der Waals surface area contributed by atoms with Gasteiger partial charge in [0.15, 0.2) is 5.96 Å². The topological polar surface area (TPSA) is 66.0 Å². The SMILES string of the molecule is CN=C(NCc1cccc(NC(=O)C2CCCO2)c1)N(C)Cc1ccc(Cl)cc1.I. The summed E-state index contributed by atoms with van der Waals surface area (Å²) in [6.45, 7) is 1.97. The van der Waals surface area contributed by atoms with Crippen LogP contribution in [0.1, 0.15) is 24.0 Å². The predicted molar refractivity (Wildman–Crippen MR) is 133 cm³/mol. The van der Waals surface area contributed by atoms with Crippen LogP contribution in [-0.2, 0) is 22.6 Å². The van der Waals surface area contributed by atoms with Crippen molar-refractivity contribution in [1.29, 1.82) is 0 Å². The van der Waals surface area contributed by atoms with Crippen LogP contribution in [0.25, 0.3) is 0 Å². The Hall–Kier alpha value is -1.84. The number of hydrogen-bond acceptors (Lipinski definition) is 3. The number of ether oxygens (including phenoxy) is 1. The van der Waals surface area contributed by atoms with Crippen molar-refractivity contribution >= 4 is 53.1 Å². The maximum absolute atomic E-state index is 12.2. The summed E-state index contributed by atoms with van der Waals surface area (Å²) >= 11 is 5.95. The number of carbonyl (C=O) groups is 1. The van der Waals surface area contributed by atoms with Gasteiger partial charge in [-0.3, -0.25) is 9.79 Å². The zero-order valence-corrected chi connectivity index (χ0v) is 20.3. The molecule has 162 valence electrons. The van der Waals surface area contributed by atoms with Crippen LogP contribution >= 0.6 is 35.6 Å².